The fourth-order valence-corrected chi connectivity index (χ4v) is 2.90. The Kier molecular flexibility index (Phi) is 8.34. The number of hydrogen-bond acceptors (Lipinski definition) is 6. The van der Waals surface area contributed by atoms with Gasteiger partial charge in [-0.3, -0.25) is 0 Å². The van der Waals surface area contributed by atoms with Gasteiger partial charge in [0.1, 0.15) is 11.9 Å². The van der Waals surface area contributed by atoms with E-state index in [9.17, 15) is 9.50 Å². The molecule has 1 aromatic carbocycles. The minimum absolute atomic E-state index is 0.192. The summed E-state index contributed by atoms with van der Waals surface area (Å²) >= 11 is 5.23. The highest BCUT2D eigenvalue weighted by Crippen LogP contribution is 2.24. The van der Waals surface area contributed by atoms with E-state index in [0.717, 1.165) is 12.4 Å². The average molecular weight is 496 g/mol. The smallest absolute Gasteiger partial charge is 0.124 e. The van der Waals surface area contributed by atoms with E-state index in [1.807, 2.05) is 29.5 Å². The number of nitrogens with zero attached hydrogens (tertiary/aromatic N) is 1. The molecule has 6 nitrogen and oxygen atoms in total. The monoisotopic (exact) mass is 495 g/mol. The van der Waals surface area contributed by atoms with Crippen LogP contribution in [-0.4, -0.2) is 24.0 Å². The molecule has 1 rings (SSSR count). The number of nitrogens with one attached hydrogen (secondary N) is 4. The molecule has 0 radical (unpaired) electrons. The Bertz CT molecular complexity index is 650. The van der Waals surface area contributed by atoms with E-state index in [1.54, 1.807) is 0 Å². The molecule has 0 aliphatic carbocycles. The molecule has 0 aliphatic heterocycles. The maximum atomic E-state index is 13.2. The molecule has 1 unspecified atom stereocenters. The molecule has 9 heteroatoms. The summed E-state index contributed by atoms with van der Waals surface area (Å²) in [7, 11) is 0. The largest absolute Gasteiger partial charge is 0.382 e. The summed E-state index contributed by atoms with van der Waals surface area (Å²) in [6.45, 7) is 2.49. The van der Waals surface area contributed by atoms with Crippen molar-refractivity contribution in [1.29, 1.82) is 10.9 Å². The Morgan fingerprint density at radius 1 is 1.57 bits per heavy atom. The zero-order valence-electron chi connectivity index (χ0n) is 12.2. The third kappa shape index (κ3) is 5.66. The quantitative estimate of drug-likeness (QED) is 0.163. The van der Waals surface area contributed by atoms with E-state index in [1.165, 1.54) is 18.2 Å². The molecule has 5 N–H and O–H groups in total. The first-order valence-corrected chi connectivity index (χ1v) is 8.42. The lowest BCUT2D eigenvalue weighted by atomic mass is 10.1. The van der Waals surface area contributed by atoms with Crippen LogP contribution < -0.4 is 10.6 Å². The highest BCUT2D eigenvalue weighted by molar-refractivity contribution is 14.1. The Hall–Kier alpha value is -1.33. The van der Waals surface area contributed by atoms with Gasteiger partial charge in [0.15, 0.2) is 0 Å². The molecule has 0 bridgehead atoms. The third-order valence-corrected chi connectivity index (χ3v) is 4.37. The van der Waals surface area contributed by atoms with Gasteiger partial charge in [-0.15, -0.1) is 0 Å². The number of anilines is 1. The second kappa shape index (κ2) is 9.73. The number of aliphatic hydroxyl groups is 1. The van der Waals surface area contributed by atoms with E-state index in [-0.39, 0.29) is 17.1 Å². The molecule has 0 saturated carbocycles. The maximum absolute atomic E-state index is 13.2. The van der Waals surface area contributed by atoms with Crippen molar-refractivity contribution >= 4 is 50.4 Å². The van der Waals surface area contributed by atoms with Crippen molar-refractivity contribution in [3.63, 3.8) is 0 Å². The van der Waals surface area contributed by atoms with Crippen LogP contribution in [0.4, 0.5) is 10.1 Å². The molecule has 0 amide bonds. The molecule has 0 aromatic heterocycles. The van der Waals surface area contributed by atoms with Crippen LogP contribution in [0.25, 0.3) is 0 Å². The van der Waals surface area contributed by atoms with Crippen LogP contribution >= 0.6 is 38.5 Å². The predicted molar refractivity (Wildman–Crippen MR) is 100 cm³/mol. The van der Waals surface area contributed by atoms with E-state index in [0.29, 0.717) is 20.4 Å². The summed E-state index contributed by atoms with van der Waals surface area (Å²) in [5.41, 5.74) is 8.02. The summed E-state index contributed by atoms with van der Waals surface area (Å²) in [5, 5.41) is 27.0. The van der Waals surface area contributed by atoms with Crippen molar-refractivity contribution in [3.8, 4) is 0 Å². The number of halogens is 3. The zero-order valence-corrected chi connectivity index (χ0v) is 15.9. The number of aliphatic hydroxyl groups excluding tert-OH is 1. The van der Waals surface area contributed by atoms with Gasteiger partial charge in [0.2, 0.25) is 0 Å². The summed E-state index contributed by atoms with van der Waals surface area (Å²) in [6.07, 6.45) is 0.933. The van der Waals surface area contributed by atoms with E-state index >= 15 is 0 Å². The van der Waals surface area contributed by atoms with Crippen LogP contribution in [0.3, 0.4) is 0 Å². The van der Waals surface area contributed by atoms with Crippen LogP contribution in [-0.2, 0) is 0 Å². The lowest BCUT2D eigenvalue weighted by molar-refractivity contribution is 0.253. The molecule has 0 spiro atoms. The molecule has 1 aromatic rings. The topological polar surface area (TPSA) is 104 Å². The summed E-state index contributed by atoms with van der Waals surface area (Å²) in [4.78, 5) is 0. The first-order chi connectivity index (χ1) is 10.9. The van der Waals surface area contributed by atoms with Gasteiger partial charge in [0.05, 0.1) is 22.2 Å². The first kappa shape index (κ1) is 19.7. The fraction of sp³-hybridized carbons (Fsp3) is 0.214. The van der Waals surface area contributed by atoms with Crippen LogP contribution in [0.1, 0.15) is 6.92 Å². The number of rotatable bonds is 8. The summed E-state index contributed by atoms with van der Waals surface area (Å²) in [5.74, 6) is -0.369. The molecule has 124 valence electrons. The van der Waals surface area contributed by atoms with Crippen LogP contribution in [0.5, 0.6) is 0 Å². The standard InChI is InChI=1S/C14H16BrFIN5O/c1-2-20-14(15)9(6-18)13(23)12(7-21-19)22-11-4-3-8(16)5-10(11)17/h3-7,13,18-20,22-23H,2H2,1H3/b12-7-,14-9+,18-6?,21-19?. The van der Waals surface area contributed by atoms with E-state index in [2.05, 4.69) is 31.7 Å². The van der Waals surface area contributed by atoms with Crippen molar-refractivity contribution in [1.82, 2.24) is 5.32 Å². The van der Waals surface area contributed by atoms with Gasteiger partial charge in [0, 0.05) is 21.9 Å². The summed E-state index contributed by atoms with van der Waals surface area (Å²) < 4.78 is 14.2. The van der Waals surface area contributed by atoms with E-state index < -0.39 is 6.10 Å². The van der Waals surface area contributed by atoms with Crippen molar-refractivity contribution in [2.45, 2.75) is 13.0 Å². The second-order valence-corrected chi connectivity index (χ2v) is 6.26. The van der Waals surface area contributed by atoms with Crippen molar-refractivity contribution in [2.75, 3.05) is 11.9 Å². The minimum Gasteiger partial charge on any atom is -0.382 e. The molecule has 0 heterocycles. The van der Waals surface area contributed by atoms with Gasteiger partial charge >= 0.3 is 0 Å². The van der Waals surface area contributed by atoms with Crippen molar-refractivity contribution in [2.24, 2.45) is 5.11 Å². The fourth-order valence-electron chi connectivity index (χ4n) is 1.67. The Morgan fingerprint density at radius 2 is 2.26 bits per heavy atom. The van der Waals surface area contributed by atoms with Gasteiger partial charge in [0.25, 0.3) is 0 Å². The SMILES string of the molecule is CCN/C(Br)=C(\C=N)C(O)/C(=C/N=N)Nc1ccc(F)cc1I. The highest BCUT2D eigenvalue weighted by Gasteiger charge is 2.19. The normalized spacial score (nSPS) is 13.9. The minimum atomic E-state index is -1.21. The van der Waals surface area contributed by atoms with Gasteiger partial charge in [-0.05, 0) is 63.6 Å². The lowest BCUT2D eigenvalue weighted by Gasteiger charge is -2.19. The van der Waals surface area contributed by atoms with Gasteiger partial charge in [-0.2, -0.15) is 5.11 Å². The van der Waals surface area contributed by atoms with Crippen LogP contribution in [0, 0.1) is 20.3 Å². The third-order valence-electron chi connectivity index (χ3n) is 2.74. The van der Waals surface area contributed by atoms with E-state index in [4.69, 9.17) is 10.9 Å². The van der Waals surface area contributed by atoms with Crippen molar-refractivity contribution < 1.29 is 9.50 Å². The molecular formula is C14H16BrFIN5O. The zero-order chi connectivity index (χ0) is 17.4. The molecule has 0 saturated heterocycles. The summed E-state index contributed by atoms with van der Waals surface area (Å²) in [6, 6.07) is 4.15. The molecule has 0 fully saturated rings. The lowest BCUT2D eigenvalue weighted by Crippen LogP contribution is -2.24. The predicted octanol–water partition coefficient (Wildman–Crippen LogP) is 3.94. The Balaban J connectivity index is 3.15. The maximum Gasteiger partial charge on any atom is 0.124 e. The molecule has 23 heavy (non-hydrogen) atoms. The first-order valence-electron chi connectivity index (χ1n) is 6.55. The van der Waals surface area contributed by atoms with Crippen LogP contribution in [0.2, 0.25) is 0 Å². The molecular weight excluding hydrogens is 480 g/mol. The second-order valence-electron chi connectivity index (χ2n) is 4.31. The Labute approximate surface area is 155 Å². The van der Waals surface area contributed by atoms with Gasteiger partial charge < -0.3 is 21.1 Å². The Morgan fingerprint density at radius 3 is 2.78 bits per heavy atom. The number of hydrogen-bond donors (Lipinski definition) is 5. The van der Waals surface area contributed by atoms with Crippen LogP contribution in [0.15, 0.2) is 45.4 Å². The highest BCUT2D eigenvalue weighted by atomic mass is 127. The number of benzene rings is 1. The molecule has 1 atom stereocenters. The van der Waals surface area contributed by atoms with Gasteiger partial charge in [-0.1, -0.05) is 0 Å². The van der Waals surface area contributed by atoms with Gasteiger partial charge in [-0.25, -0.2) is 9.92 Å². The average Bonchev–Trinajstić information content (AvgIpc) is 2.50. The molecule has 0 aliphatic rings. The van der Waals surface area contributed by atoms with Crippen molar-refractivity contribution in [3.05, 3.63) is 49.7 Å².